The van der Waals surface area contributed by atoms with Gasteiger partial charge in [-0.1, -0.05) is 0 Å². The van der Waals surface area contributed by atoms with Crippen LogP contribution in [0.15, 0.2) is 6.07 Å². The summed E-state index contributed by atoms with van der Waals surface area (Å²) in [5.41, 5.74) is 3.13. The molecule has 0 saturated heterocycles. The summed E-state index contributed by atoms with van der Waals surface area (Å²) in [7, 11) is 0. The van der Waals surface area contributed by atoms with E-state index in [1.54, 1.807) is 0 Å². The van der Waals surface area contributed by atoms with Gasteiger partial charge in [0.15, 0.2) is 0 Å². The third-order valence-electron chi connectivity index (χ3n) is 3.39. The molecule has 1 heterocycles. The van der Waals surface area contributed by atoms with Crippen LogP contribution in [0, 0.1) is 30.6 Å². The number of aryl methyl sites for hydroxylation is 2. The minimum absolute atomic E-state index is 0.0395. The quantitative estimate of drug-likeness (QED) is 0.828. The van der Waals surface area contributed by atoms with Gasteiger partial charge >= 0.3 is 0 Å². The highest BCUT2D eigenvalue weighted by Crippen LogP contribution is 2.45. The maximum Gasteiger partial charge on any atom is 0.103 e. The Morgan fingerprint density at radius 1 is 1.53 bits per heavy atom. The van der Waals surface area contributed by atoms with Crippen molar-refractivity contribution < 1.29 is 5.11 Å². The molecule has 17 heavy (non-hydrogen) atoms. The molecule has 0 atom stereocenters. The van der Waals surface area contributed by atoms with Gasteiger partial charge in [-0.25, -0.2) is 0 Å². The predicted molar refractivity (Wildman–Crippen MR) is 65.7 cm³/mol. The van der Waals surface area contributed by atoms with Gasteiger partial charge in [-0.3, -0.25) is 4.98 Å². The second-order valence-corrected chi connectivity index (χ2v) is 4.90. The van der Waals surface area contributed by atoms with Gasteiger partial charge in [0.05, 0.1) is 23.6 Å². The van der Waals surface area contributed by atoms with Crippen LogP contribution in [0.2, 0.25) is 0 Å². The van der Waals surface area contributed by atoms with Gasteiger partial charge in [-0.2, -0.15) is 5.26 Å². The van der Waals surface area contributed by atoms with Crippen LogP contribution in [0.3, 0.4) is 0 Å². The first-order chi connectivity index (χ1) is 8.10. The first kappa shape index (κ1) is 11.9. The van der Waals surface area contributed by atoms with E-state index < -0.39 is 0 Å². The van der Waals surface area contributed by atoms with Crippen LogP contribution in [-0.4, -0.2) is 23.2 Å². The number of rotatable bonds is 4. The van der Waals surface area contributed by atoms with Crippen LogP contribution in [0.4, 0.5) is 5.69 Å². The molecule has 0 radical (unpaired) electrons. The van der Waals surface area contributed by atoms with Crippen molar-refractivity contribution in [1.82, 2.24) is 4.98 Å². The number of nitrogens with one attached hydrogen (secondary N) is 1. The molecule has 0 unspecified atom stereocenters. The van der Waals surface area contributed by atoms with Gasteiger partial charge in [-0.05, 0) is 32.8 Å². The molecule has 1 aliphatic carbocycles. The van der Waals surface area contributed by atoms with E-state index in [1.807, 2.05) is 19.9 Å². The van der Waals surface area contributed by atoms with Crippen molar-refractivity contribution in [2.75, 3.05) is 18.5 Å². The third-order valence-corrected chi connectivity index (χ3v) is 3.39. The largest absolute Gasteiger partial charge is 0.396 e. The van der Waals surface area contributed by atoms with E-state index in [0.29, 0.717) is 5.56 Å². The Morgan fingerprint density at radius 2 is 2.24 bits per heavy atom. The fraction of sp³-hybridized carbons (Fsp3) is 0.538. The zero-order chi connectivity index (χ0) is 12.5. The van der Waals surface area contributed by atoms with Crippen LogP contribution < -0.4 is 5.32 Å². The molecule has 1 aliphatic rings. The molecule has 0 aromatic carbocycles. The molecule has 0 amide bonds. The number of hydrogen-bond donors (Lipinski definition) is 2. The highest BCUT2D eigenvalue weighted by Gasteiger charge is 2.41. The minimum Gasteiger partial charge on any atom is -0.396 e. The average Bonchev–Trinajstić information content (AvgIpc) is 3.06. The topological polar surface area (TPSA) is 68.9 Å². The second-order valence-electron chi connectivity index (χ2n) is 4.90. The molecule has 0 bridgehead atoms. The SMILES string of the molecule is Cc1cc(NCC2(CO)CC2)c(C#N)c(C)n1. The van der Waals surface area contributed by atoms with E-state index in [9.17, 15) is 5.11 Å². The Balaban J connectivity index is 2.18. The van der Waals surface area contributed by atoms with Crippen molar-refractivity contribution in [2.45, 2.75) is 26.7 Å². The van der Waals surface area contributed by atoms with Crippen molar-refractivity contribution >= 4 is 5.69 Å². The molecule has 1 saturated carbocycles. The summed E-state index contributed by atoms with van der Waals surface area (Å²) in [6, 6.07) is 4.07. The molecule has 0 spiro atoms. The zero-order valence-corrected chi connectivity index (χ0v) is 10.2. The lowest BCUT2D eigenvalue weighted by Gasteiger charge is -2.15. The van der Waals surface area contributed by atoms with Crippen molar-refractivity contribution in [1.29, 1.82) is 5.26 Å². The van der Waals surface area contributed by atoms with Crippen LogP contribution in [0.25, 0.3) is 0 Å². The summed E-state index contributed by atoms with van der Waals surface area (Å²) in [6.45, 7) is 4.69. The summed E-state index contributed by atoms with van der Waals surface area (Å²) in [5.74, 6) is 0. The smallest absolute Gasteiger partial charge is 0.103 e. The van der Waals surface area contributed by atoms with Crippen LogP contribution in [-0.2, 0) is 0 Å². The third kappa shape index (κ3) is 2.40. The molecule has 90 valence electrons. The molecule has 1 aromatic rings. The molecule has 1 aromatic heterocycles. The van der Waals surface area contributed by atoms with Crippen LogP contribution in [0.1, 0.15) is 29.8 Å². The first-order valence-electron chi connectivity index (χ1n) is 5.83. The van der Waals surface area contributed by atoms with E-state index >= 15 is 0 Å². The van der Waals surface area contributed by atoms with Crippen molar-refractivity contribution in [3.63, 3.8) is 0 Å². The number of aliphatic hydroxyl groups excluding tert-OH is 1. The lowest BCUT2D eigenvalue weighted by Crippen LogP contribution is -2.19. The van der Waals surface area contributed by atoms with Gasteiger partial charge in [0, 0.05) is 17.7 Å². The number of pyridine rings is 1. The minimum atomic E-state index is 0.0395. The summed E-state index contributed by atoms with van der Waals surface area (Å²) >= 11 is 0. The highest BCUT2D eigenvalue weighted by molar-refractivity contribution is 5.60. The van der Waals surface area contributed by atoms with E-state index in [1.165, 1.54) is 0 Å². The molecular formula is C13H17N3O. The van der Waals surface area contributed by atoms with Gasteiger partial charge in [0.25, 0.3) is 0 Å². The van der Waals surface area contributed by atoms with Gasteiger partial charge < -0.3 is 10.4 Å². The number of aliphatic hydroxyl groups is 1. The van der Waals surface area contributed by atoms with E-state index in [-0.39, 0.29) is 12.0 Å². The Bertz CT molecular complexity index is 472. The van der Waals surface area contributed by atoms with Crippen LogP contribution in [0.5, 0.6) is 0 Å². The number of aromatic nitrogens is 1. The molecule has 2 rings (SSSR count). The van der Waals surface area contributed by atoms with Gasteiger partial charge in [0.1, 0.15) is 6.07 Å². The maximum absolute atomic E-state index is 9.25. The molecule has 4 heteroatoms. The van der Waals surface area contributed by atoms with E-state index in [2.05, 4.69) is 16.4 Å². The number of hydrogen-bond acceptors (Lipinski definition) is 4. The highest BCUT2D eigenvalue weighted by atomic mass is 16.3. The van der Waals surface area contributed by atoms with E-state index in [4.69, 9.17) is 5.26 Å². The lowest BCUT2D eigenvalue weighted by molar-refractivity contribution is 0.220. The summed E-state index contributed by atoms with van der Waals surface area (Å²) in [4.78, 5) is 4.27. The molecule has 1 fully saturated rings. The Hall–Kier alpha value is -1.60. The Labute approximate surface area is 101 Å². The molecule has 4 nitrogen and oxygen atoms in total. The summed E-state index contributed by atoms with van der Waals surface area (Å²) in [6.07, 6.45) is 2.11. The van der Waals surface area contributed by atoms with Crippen molar-refractivity contribution in [3.8, 4) is 6.07 Å². The number of nitriles is 1. The molecular weight excluding hydrogens is 214 g/mol. The monoisotopic (exact) mass is 231 g/mol. The molecule has 0 aliphatic heterocycles. The summed E-state index contributed by atoms with van der Waals surface area (Å²) < 4.78 is 0. The van der Waals surface area contributed by atoms with Crippen LogP contribution >= 0.6 is 0 Å². The Kier molecular flexibility index (Phi) is 3.03. The Morgan fingerprint density at radius 3 is 2.76 bits per heavy atom. The van der Waals surface area contributed by atoms with Crippen molar-refractivity contribution in [2.24, 2.45) is 5.41 Å². The van der Waals surface area contributed by atoms with Gasteiger partial charge in [-0.15, -0.1) is 0 Å². The number of anilines is 1. The fourth-order valence-electron chi connectivity index (χ4n) is 1.96. The fourth-order valence-corrected chi connectivity index (χ4v) is 1.96. The zero-order valence-electron chi connectivity index (χ0n) is 10.2. The van der Waals surface area contributed by atoms with Gasteiger partial charge in [0.2, 0.25) is 0 Å². The molecule has 2 N–H and O–H groups in total. The summed E-state index contributed by atoms with van der Waals surface area (Å²) in [5, 5.41) is 21.6. The second kappa shape index (κ2) is 4.34. The lowest BCUT2D eigenvalue weighted by atomic mass is 10.1. The number of nitrogens with zero attached hydrogens (tertiary/aromatic N) is 2. The predicted octanol–water partition coefficient (Wildman–Crippen LogP) is 1.75. The van der Waals surface area contributed by atoms with Crippen molar-refractivity contribution in [3.05, 3.63) is 23.0 Å². The standard InChI is InChI=1S/C13H17N3O/c1-9-5-12(11(6-14)10(2)16-9)15-7-13(8-17)3-4-13/h5,17H,3-4,7-8H2,1-2H3,(H,15,16). The maximum atomic E-state index is 9.25. The first-order valence-corrected chi connectivity index (χ1v) is 5.83. The average molecular weight is 231 g/mol. The van der Waals surface area contributed by atoms with E-state index in [0.717, 1.165) is 36.5 Å². The normalized spacial score (nSPS) is 16.4.